The molecule has 2 rings (SSSR count). The zero-order chi connectivity index (χ0) is 15.5. The zero-order valence-electron chi connectivity index (χ0n) is 12.8. The number of hydrogen-bond donors (Lipinski definition) is 2. The van der Waals surface area contributed by atoms with Crippen LogP contribution in [-0.2, 0) is 6.54 Å². The molecule has 21 heavy (non-hydrogen) atoms. The Kier molecular flexibility index (Phi) is 4.57. The van der Waals surface area contributed by atoms with E-state index in [0.717, 1.165) is 17.6 Å². The Morgan fingerprint density at radius 2 is 2.19 bits per heavy atom. The van der Waals surface area contributed by atoms with E-state index in [9.17, 15) is 4.79 Å². The first kappa shape index (κ1) is 15.4. The number of benzene rings is 1. The van der Waals surface area contributed by atoms with E-state index in [1.54, 1.807) is 16.8 Å². The van der Waals surface area contributed by atoms with Crippen molar-refractivity contribution in [3.05, 3.63) is 23.8 Å². The van der Waals surface area contributed by atoms with Crippen LogP contribution < -0.4 is 5.32 Å². The Bertz CT molecular complexity index is 634. The normalized spacial score (nSPS) is 11.8. The van der Waals surface area contributed by atoms with Crippen LogP contribution in [0, 0.1) is 5.41 Å². The van der Waals surface area contributed by atoms with Crippen molar-refractivity contribution in [1.82, 2.24) is 20.3 Å². The molecule has 1 aromatic carbocycles. The molecule has 1 aromatic heterocycles. The highest BCUT2D eigenvalue weighted by Crippen LogP contribution is 2.19. The molecule has 0 aliphatic heterocycles. The minimum Gasteiger partial charge on any atom is -0.396 e. The Morgan fingerprint density at radius 1 is 1.43 bits per heavy atom. The van der Waals surface area contributed by atoms with Gasteiger partial charge in [0.15, 0.2) is 0 Å². The number of amides is 1. The van der Waals surface area contributed by atoms with Crippen LogP contribution in [0.1, 0.15) is 37.6 Å². The van der Waals surface area contributed by atoms with E-state index < -0.39 is 0 Å². The van der Waals surface area contributed by atoms with E-state index in [4.69, 9.17) is 5.11 Å². The number of carbonyl (C=O) groups is 1. The van der Waals surface area contributed by atoms with Gasteiger partial charge in [0, 0.05) is 25.3 Å². The second kappa shape index (κ2) is 6.22. The van der Waals surface area contributed by atoms with Crippen molar-refractivity contribution in [3.63, 3.8) is 0 Å². The molecule has 0 fully saturated rings. The maximum Gasteiger partial charge on any atom is 0.251 e. The second-order valence-electron chi connectivity index (χ2n) is 5.93. The van der Waals surface area contributed by atoms with Gasteiger partial charge in [0.2, 0.25) is 0 Å². The molecular formula is C15H22N4O2. The summed E-state index contributed by atoms with van der Waals surface area (Å²) in [6.07, 6.45) is 0.650. The summed E-state index contributed by atoms with van der Waals surface area (Å²) >= 11 is 0. The summed E-state index contributed by atoms with van der Waals surface area (Å²) in [5.41, 5.74) is 2.10. The largest absolute Gasteiger partial charge is 0.396 e. The molecule has 2 aromatic rings. The van der Waals surface area contributed by atoms with Gasteiger partial charge in [0.1, 0.15) is 5.52 Å². The minimum absolute atomic E-state index is 0.120. The van der Waals surface area contributed by atoms with Gasteiger partial charge in [-0.2, -0.15) is 0 Å². The lowest BCUT2D eigenvalue weighted by Crippen LogP contribution is -2.34. The third-order valence-electron chi connectivity index (χ3n) is 3.59. The molecule has 1 heterocycles. The molecule has 6 nitrogen and oxygen atoms in total. The summed E-state index contributed by atoms with van der Waals surface area (Å²) in [6.45, 7) is 7.41. The fourth-order valence-electron chi connectivity index (χ4n) is 2.16. The lowest BCUT2D eigenvalue weighted by molar-refractivity contribution is 0.0928. The topological polar surface area (TPSA) is 80.0 Å². The standard InChI is InChI=1S/C15H22N4O2/c1-4-19-13-6-5-11(9-12(13)17-18-19)14(21)16-10-15(2,3)7-8-20/h5-6,9,20H,4,7-8,10H2,1-3H3,(H,16,21). The molecule has 0 bridgehead atoms. The summed E-state index contributed by atoms with van der Waals surface area (Å²) in [5.74, 6) is -0.131. The van der Waals surface area contributed by atoms with Gasteiger partial charge in [-0.15, -0.1) is 5.10 Å². The van der Waals surface area contributed by atoms with Crippen molar-refractivity contribution in [2.75, 3.05) is 13.2 Å². The first-order chi connectivity index (χ1) is 9.96. The lowest BCUT2D eigenvalue weighted by atomic mass is 9.89. The monoisotopic (exact) mass is 290 g/mol. The van der Waals surface area contributed by atoms with Crippen LogP contribution in [0.4, 0.5) is 0 Å². The smallest absolute Gasteiger partial charge is 0.251 e. The fraction of sp³-hybridized carbons (Fsp3) is 0.533. The zero-order valence-corrected chi connectivity index (χ0v) is 12.8. The number of aryl methyl sites for hydroxylation is 1. The van der Waals surface area contributed by atoms with Crippen molar-refractivity contribution >= 4 is 16.9 Å². The molecule has 2 N–H and O–H groups in total. The van der Waals surface area contributed by atoms with E-state index in [2.05, 4.69) is 15.6 Å². The third kappa shape index (κ3) is 3.58. The summed E-state index contributed by atoms with van der Waals surface area (Å²) in [6, 6.07) is 5.40. The number of aliphatic hydroxyl groups is 1. The predicted molar refractivity (Wildman–Crippen MR) is 81.0 cm³/mol. The molecule has 0 spiro atoms. The van der Waals surface area contributed by atoms with Gasteiger partial charge in [-0.1, -0.05) is 19.1 Å². The number of nitrogens with one attached hydrogen (secondary N) is 1. The van der Waals surface area contributed by atoms with Gasteiger partial charge in [-0.05, 0) is 37.0 Å². The number of rotatable bonds is 6. The van der Waals surface area contributed by atoms with Crippen molar-refractivity contribution in [3.8, 4) is 0 Å². The molecule has 6 heteroatoms. The van der Waals surface area contributed by atoms with Gasteiger partial charge >= 0.3 is 0 Å². The quantitative estimate of drug-likeness (QED) is 0.846. The Labute approximate surface area is 124 Å². The van der Waals surface area contributed by atoms with Gasteiger partial charge < -0.3 is 10.4 Å². The number of nitrogens with zero attached hydrogens (tertiary/aromatic N) is 3. The van der Waals surface area contributed by atoms with Crippen LogP contribution in [0.2, 0.25) is 0 Å². The maximum atomic E-state index is 12.2. The number of aromatic nitrogens is 3. The van der Waals surface area contributed by atoms with Crippen LogP contribution in [0.3, 0.4) is 0 Å². The summed E-state index contributed by atoms with van der Waals surface area (Å²) in [7, 11) is 0. The van der Waals surface area contributed by atoms with Crippen LogP contribution in [0.15, 0.2) is 18.2 Å². The number of fused-ring (bicyclic) bond motifs is 1. The lowest BCUT2D eigenvalue weighted by Gasteiger charge is -2.23. The van der Waals surface area contributed by atoms with Crippen LogP contribution in [-0.4, -0.2) is 39.2 Å². The molecule has 0 atom stereocenters. The number of hydrogen-bond acceptors (Lipinski definition) is 4. The molecule has 0 radical (unpaired) electrons. The van der Waals surface area contributed by atoms with Gasteiger partial charge in [0.05, 0.1) is 5.52 Å². The minimum atomic E-state index is -0.131. The van der Waals surface area contributed by atoms with Gasteiger partial charge in [-0.3, -0.25) is 4.79 Å². The molecule has 0 saturated heterocycles. The molecule has 0 unspecified atom stereocenters. The van der Waals surface area contributed by atoms with Crippen molar-refractivity contribution in [2.45, 2.75) is 33.7 Å². The molecular weight excluding hydrogens is 268 g/mol. The number of carbonyl (C=O) groups excluding carboxylic acids is 1. The first-order valence-corrected chi connectivity index (χ1v) is 7.19. The summed E-state index contributed by atoms with van der Waals surface area (Å²) in [4.78, 5) is 12.2. The third-order valence-corrected chi connectivity index (χ3v) is 3.59. The Balaban J connectivity index is 2.09. The SMILES string of the molecule is CCn1nnc2cc(C(=O)NCC(C)(C)CCO)ccc21. The highest BCUT2D eigenvalue weighted by atomic mass is 16.3. The van der Waals surface area contributed by atoms with E-state index in [1.807, 2.05) is 26.8 Å². The first-order valence-electron chi connectivity index (χ1n) is 7.19. The molecule has 1 amide bonds. The van der Waals surface area contributed by atoms with E-state index in [-0.39, 0.29) is 17.9 Å². The van der Waals surface area contributed by atoms with E-state index >= 15 is 0 Å². The second-order valence-corrected chi connectivity index (χ2v) is 5.93. The van der Waals surface area contributed by atoms with Crippen molar-refractivity contribution in [1.29, 1.82) is 0 Å². The summed E-state index contributed by atoms with van der Waals surface area (Å²) in [5, 5.41) is 20.0. The predicted octanol–water partition coefficient (Wildman–Crippen LogP) is 1.59. The van der Waals surface area contributed by atoms with E-state index in [1.165, 1.54) is 0 Å². The molecule has 114 valence electrons. The Hall–Kier alpha value is -1.95. The van der Waals surface area contributed by atoms with Gasteiger partial charge in [-0.25, -0.2) is 4.68 Å². The highest BCUT2D eigenvalue weighted by Gasteiger charge is 2.19. The van der Waals surface area contributed by atoms with E-state index in [0.29, 0.717) is 18.5 Å². The van der Waals surface area contributed by atoms with Crippen LogP contribution in [0.5, 0.6) is 0 Å². The summed E-state index contributed by atoms with van der Waals surface area (Å²) < 4.78 is 1.79. The fourth-order valence-corrected chi connectivity index (χ4v) is 2.16. The maximum absolute atomic E-state index is 12.2. The average molecular weight is 290 g/mol. The number of aliphatic hydroxyl groups excluding tert-OH is 1. The molecule has 0 aliphatic rings. The van der Waals surface area contributed by atoms with Gasteiger partial charge in [0.25, 0.3) is 5.91 Å². The van der Waals surface area contributed by atoms with Crippen molar-refractivity contribution < 1.29 is 9.90 Å². The Morgan fingerprint density at radius 3 is 2.86 bits per heavy atom. The van der Waals surface area contributed by atoms with Crippen LogP contribution >= 0.6 is 0 Å². The average Bonchev–Trinajstić information content (AvgIpc) is 2.87. The molecule has 0 saturated carbocycles. The highest BCUT2D eigenvalue weighted by molar-refractivity contribution is 5.97. The molecule has 0 aliphatic carbocycles. The van der Waals surface area contributed by atoms with Crippen molar-refractivity contribution in [2.24, 2.45) is 5.41 Å². The van der Waals surface area contributed by atoms with Crippen LogP contribution in [0.25, 0.3) is 11.0 Å².